The first kappa shape index (κ1) is 26.2. The van der Waals surface area contributed by atoms with E-state index in [2.05, 4.69) is 16.9 Å². The van der Waals surface area contributed by atoms with E-state index in [9.17, 15) is 18.8 Å². The summed E-state index contributed by atoms with van der Waals surface area (Å²) in [5, 5.41) is 3.22. The number of alkyl carbamates (subject to hydrolysis) is 1. The molecule has 2 amide bonds. The molecule has 190 valence electrons. The summed E-state index contributed by atoms with van der Waals surface area (Å²) in [4.78, 5) is 43.3. The Hall–Kier alpha value is -3.40. The maximum Gasteiger partial charge on any atom is 0.408 e. The van der Waals surface area contributed by atoms with Gasteiger partial charge in [0.05, 0.1) is 19.8 Å². The smallest absolute Gasteiger partial charge is 0.408 e. The number of carbonyl (C=O) groups is 3. The summed E-state index contributed by atoms with van der Waals surface area (Å²) in [5.41, 5.74) is 0.534. The third-order valence-electron chi connectivity index (χ3n) is 5.64. The normalized spacial score (nSPS) is 18.8. The van der Waals surface area contributed by atoms with Gasteiger partial charge in [0.25, 0.3) is 0 Å². The number of benzene rings is 1. The number of esters is 1. The van der Waals surface area contributed by atoms with E-state index in [0.717, 1.165) is 0 Å². The number of ether oxygens (including phenoxy) is 3. The number of fused-ring (bicyclic) bond motifs is 1. The van der Waals surface area contributed by atoms with Gasteiger partial charge in [0, 0.05) is 30.1 Å². The SMILES string of the molecule is C=CCOC1CCN(C(=O)[C@H](Cc2c[nH]c3ccc(F)cc23)NC(=O)OC(C)(C)C)C1C(=O)OC. The molecule has 2 unspecified atom stereocenters. The summed E-state index contributed by atoms with van der Waals surface area (Å²) in [7, 11) is 1.24. The zero-order chi connectivity index (χ0) is 25.8. The lowest BCUT2D eigenvalue weighted by molar-refractivity contribution is -0.155. The third kappa shape index (κ3) is 6.39. The van der Waals surface area contributed by atoms with Crippen molar-refractivity contribution in [1.82, 2.24) is 15.2 Å². The molecule has 3 rings (SSSR count). The van der Waals surface area contributed by atoms with Gasteiger partial charge in [0.15, 0.2) is 6.04 Å². The van der Waals surface area contributed by atoms with Crippen LogP contribution < -0.4 is 5.32 Å². The Morgan fingerprint density at radius 2 is 2.09 bits per heavy atom. The van der Waals surface area contributed by atoms with Crippen LogP contribution in [-0.2, 0) is 30.2 Å². The van der Waals surface area contributed by atoms with Crippen molar-refractivity contribution >= 4 is 28.9 Å². The van der Waals surface area contributed by atoms with Gasteiger partial charge in [0.1, 0.15) is 17.5 Å². The van der Waals surface area contributed by atoms with Crippen LogP contribution in [0.5, 0.6) is 0 Å². The highest BCUT2D eigenvalue weighted by Gasteiger charge is 2.45. The van der Waals surface area contributed by atoms with Crippen LogP contribution in [0, 0.1) is 5.82 Å². The van der Waals surface area contributed by atoms with E-state index in [-0.39, 0.29) is 19.6 Å². The van der Waals surface area contributed by atoms with E-state index in [4.69, 9.17) is 14.2 Å². The molecule has 35 heavy (non-hydrogen) atoms. The molecule has 0 saturated carbocycles. The van der Waals surface area contributed by atoms with Crippen LogP contribution in [0.25, 0.3) is 10.9 Å². The number of hydrogen-bond acceptors (Lipinski definition) is 6. The third-order valence-corrected chi connectivity index (χ3v) is 5.64. The number of carbonyl (C=O) groups excluding carboxylic acids is 3. The topological polar surface area (TPSA) is 110 Å². The van der Waals surface area contributed by atoms with Gasteiger partial charge in [-0.2, -0.15) is 0 Å². The molecule has 1 aromatic heterocycles. The molecule has 2 heterocycles. The Bertz CT molecular complexity index is 1090. The first-order valence-corrected chi connectivity index (χ1v) is 11.4. The molecule has 1 aliphatic heterocycles. The minimum atomic E-state index is -1.09. The Kier molecular flexibility index (Phi) is 8.16. The van der Waals surface area contributed by atoms with Gasteiger partial charge in [-0.15, -0.1) is 6.58 Å². The fourth-order valence-electron chi connectivity index (χ4n) is 4.17. The maximum absolute atomic E-state index is 13.9. The van der Waals surface area contributed by atoms with Gasteiger partial charge in [0.2, 0.25) is 5.91 Å². The average molecular weight is 490 g/mol. The van der Waals surface area contributed by atoms with Crippen LogP contribution >= 0.6 is 0 Å². The van der Waals surface area contributed by atoms with Crippen LogP contribution in [0.4, 0.5) is 9.18 Å². The molecular weight excluding hydrogens is 457 g/mol. The molecule has 1 aromatic carbocycles. The lowest BCUT2D eigenvalue weighted by Gasteiger charge is -2.30. The van der Waals surface area contributed by atoms with Crippen molar-refractivity contribution in [2.45, 2.75) is 57.4 Å². The minimum absolute atomic E-state index is 0.0457. The zero-order valence-corrected chi connectivity index (χ0v) is 20.4. The van der Waals surface area contributed by atoms with Crippen molar-refractivity contribution in [2.24, 2.45) is 0 Å². The lowest BCUT2D eigenvalue weighted by atomic mass is 10.0. The fourth-order valence-corrected chi connectivity index (χ4v) is 4.17. The van der Waals surface area contributed by atoms with Gasteiger partial charge in [-0.25, -0.2) is 14.0 Å². The number of rotatable bonds is 8. The number of amides is 2. The lowest BCUT2D eigenvalue weighted by Crippen LogP contribution is -2.55. The number of aromatic nitrogens is 1. The van der Waals surface area contributed by atoms with Crippen LogP contribution in [0.2, 0.25) is 0 Å². The summed E-state index contributed by atoms with van der Waals surface area (Å²) in [6.07, 6.45) is 2.32. The molecule has 1 fully saturated rings. The van der Waals surface area contributed by atoms with Crippen molar-refractivity contribution in [2.75, 3.05) is 20.3 Å². The molecule has 3 atom stereocenters. The molecule has 0 bridgehead atoms. The van der Waals surface area contributed by atoms with Gasteiger partial charge in [-0.1, -0.05) is 6.08 Å². The maximum atomic E-state index is 13.9. The summed E-state index contributed by atoms with van der Waals surface area (Å²) in [5.74, 6) is -1.54. The Balaban J connectivity index is 1.91. The molecule has 0 radical (unpaired) electrons. The van der Waals surface area contributed by atoms with E-state index in [0.29, 0.717) is 22.9 Å². The fraction of sp³-hybridized carbons (Fsp3) is 0.480. The average Bonchev–Trinajstić information content (AvgIpc) is 3.39. The predicted octanol–water partition coefficient (Wildman–Crippen LogP) is 3.09. The van der Waals surface area contributed by atoms with Crippen molar-refractivity contribution in [1.29, 1.82) is 0 Å². The standard InChI is InChI=1S/C25H32FN3O6/c1-6-11-34-20-9-10-29(21(20)23(31)33-5)22(30)19(28-24(32)35-25(2,3)4)12-15-14-27-18-8-7-16(26)13-17(15)18/h6-8,13-14,19-21,27H,1,9-12H2,2-5H3,(H,28,32)/t19-,20?,21?/m0/s1. The van der Waals surface area contributed by atoms with E-state index < -0.39 is 47.6 Å². The number of aromatic amines is 1. The molecule has 1 saturated heterocycles. The van der Waals surface area contributed by atoms with Gasteiger partial charge >= 0.3 is 12.1 Å². The summed E-state index contributed by atoms with van der Waals surface area (Å²) >= 11 is 0. The zero-order valence-electron chi connectivity index (χ0n) is 20.4. The van der Waals surface area contributed by atoms with Crippen molar-refractivity contribution in [3.63, 3.8) is 0 Å². The number of halogens is 1. The summed E-state index contributed by atoms with van der Waals surface area (Å²) in [6, 6.07) is 2.23. The summed E-state index contributed by atoms with van der Waals surface area (Å²) < 4.78 is 29.9. The van der Waals surface area contributed by atoms with Crippen LogP contribution in [0.1, 0.15) is 32.8 Å². The molecule has 2 aromatic rings. The molecule has 0 aliphatic carbocycles. The minimum Gasteiger partial charge on any atom is -0.467 e. The monoisotopic (exact) mass is 489 g/mol. The highest BCUT2D eigenvalue weighted by Crippen LogP contribution is 2.26. The number of methoxy groups -OCH3 is 1. The highest BCUT2D eigenvalue weighted by atomic mass is 19.1. The molecule has 10 heteroatoms. The summed E-state index contributed by atoms with van der Waals surface area (Å²) in [6.45, 7) is 9.18. The second kappa shape index (κ2) is 10.9. The Morgan fingerprint density at radius 3 is 2.74 bits per heavy atom. The number of nitrogens with one attached hydrogen (secondary N) is 2. The van der Waals surface area contributed by atoms with Gasteiger partial charge in [-0.3, -0.25) is 4.79 Å². The van der Waals surface area contributed by atoms with Gasteiger partial charge in [-0.05, 0) is 51.0 Å². The Labute approximate surface area is 203 Å². The number of nitrogens with zero attached hydrogens (tertiary/aromatic N) is 1. The quantitative estimate of drug-likeness (QED) is 0.436. The van der Waals surface area contributed by atoms with E-state index in [1.165, 1.54) is 24.1 Å². The number of likely N-dealkylation sites (tertiary alicyclic amines) is 1. The molecule has 1 aliphatic rings. The van der Waals surface area contributed by atoms with Crippen LogP contribution in [0.15, 0.2) is 37.1 Å². The van der Waals surface area contributed by atoms with E-state index in [1.54, 1.807) is 39.1 Å². The predicted molar refractivity (Wildman–Crippen MR) is 127 cm³/mol. The molecule has 0 spiro atoms. The largest absolute Gasteiger partial charge is 0.467 e. The van der Waals surface area contributed by atoms with E-state index in [1.807, 2.05) is 0 Å². The molecule has 2 N–H and O–H groups in total. The first-order chi connectivity index (χ1) is 16.5. The number of hydrogen-bond donors (Lipinski definition) is 2. The van der Waals surface area contributed by atoms with Crippen molar-refractivity contribution in [3.8, 4) is 0 Å². The van der Waals surface area contributed by atoms with Crippen LogP contribution in [0.3, 0.4) is 0 Å². The van der Waals surface area contributed by atoms with Gasteiger partial charge < -0.3 is 29.4 Å². The number of H-pyrrole nitrogens is 1. The second-order valence-corrected chi connectivity index (χ2v) is 9.36. The van der Waals surface area contributed by atoms with Crippen molar-refractivity contribution < 1.29 is 33.0 Å². The molecular formula is C25H32FN3O6. The second-order valence-electron chi connectivity index (χ2n) is 9.36. The highest BCUT2D eigenvalue weighted by molar-refractivity contribution is 5.92. The molecule has 9 nitrogen and oxygen atoms in total. The van der Waals surface area contributed by atoms with Crippen LogP contribution in [-0.4, -0.2) is 71.9 Å². The Morgan fingerprint density at radius 1 is 1.34 bits per heavy atom. The van der Waals surface area contributed by atoms with Crippen molar-refractivity contribution in [3.05, 3.63) is 48.4 Å². The van der Waals surface area contributed by atoms with E-state index >= 15 is 0 Å². The first-order valence-electron chi connectivity index (χ1n) is 11.4.